The predicted octanol–water partition coefficient (Wildman–Crippen LogP) is 1.38. The van der Waals surface area contributed by atoms with Gasteiger partial charge in [-0.25, -0.2) is 0 Å². The van der Waals surface area contributed by atoms with Crippen LogP contribution in [0.2, 0.25) is 0 Å². The molecular formula is C17H34F3IN6. The topological polar surface area (TPSA) is 37.4 Å². The zero-order valence-electron chi connectivity index (χ0n) is 16.8. The Morgan fingerprint density at radius 2 is 1.48 bits per heavy atom. The summed E-state index contributed by atoms with van der Waals surface area (Å²) in [5, 5.41) is 3.40. The van der Waals surface area contributed by atoms with Gasteiger partial charge in [0.2, 0.25) is 0 Å². The summed E-state index contributed by atoms with van der Waals surface area (Å²) in [7, 11) is 3.87. The Bertz CT molecular complexity index is 460. The van der Waals surface area contributed by atoms with Gasteiger partial charge in [0, 0.05) is 72.0 Å². The zero-order chi connectivity index (χ0) is 19.3. The van der Waals surface area contributed by atoms with E-state index in [1.807, 2.05) is 0 Å². The fraction of sp³-hybridized carbons (Fsp3) is 0.941. The molecule has 2 fully saturated rings. The van der Waals surface area contributed by atoms with Crippen LogP contribution in [0.15, 0.2) is 4.99 Å². The maximum Gasteiger partial charge on any atom is 0.403 e. The number of guanidine groups is 1. The highest BCUT2D eigenvalue weighted by atomic mass is 127. The summed E-state index contributed by atoms with van der Waals surface area (Å²) in [5.74, 6) is 0.783. The minimum atomic E-state index is -4.17. The predicted molar refractivity (Wildman–Crippen MR) is 114 cm³/mol. The molecule has 2 unspecified atom stereocenters. The third kappa shape index (κ3) is 7.21. The van der Waals surface area contributed by atoms with E-state index >= 15 is 0 Å². The molecule has 10 heteroatoms. The van der Waals surface area contributed by atoms with Crippen molar-refractivity contribution in [3.05, 3.63) is 0 Å². The van der Waals surface area contributed by atoms with Crippen LogP contribution in [0.3, 0.4) is 0 Å². The number of likely N-dealkylation sites (N-methyl/N-ethyl adjacent to an activating group) is 1. The Morgan fingerprint density at radius 1 is 0.963 bits per heavy atom. The Kier molecular flexibility index (Phi) is 10.1. The summed E-state index contributed by atoms with van der Waals surface area (Å²) in [5.41, 5.74) is 0. The van der Waals surface area contributed by atoms with Crippen LogP contribution in [-0.4, -0.2) is 117 Å². The summed E-state index contributed by atoms with van der Waals surface area (Å²) < 4.78 is 38.6. The summed E-state index contributed by atoms with van der Waals surface area (Å²) in [6.07, 6.45) is -4.17. The van der Waals surface area contributed by atoms with Gasteiger partial charge < -0.3 is 15.1 Å². The van der Waals surface area contributed by atoms with Crippen molar-refractivity contribution in [1.82, 2.24) is 24.9 Å². The van der Waals surface area contributed by atoms with Crippen molar-refractivity contribution in [2.24, 2.45) is 4.99 Å². The molecule has 27 heavy (non-hydrogen) atoms. The lowest BCUT2D eigenvalue weighted by Gasteiger charge is -2.40. The van der Waals surface area contributed by atoms with Crippen molar-refractivity contribution in [3.63, 3.8) is 0 Å². The molecule has 0 aromatic heterocycles. The Balaban J connectivity index is 0.00000364. The number of rotatable bonds is 4. The quantitative estimate of drug-likeness (QED) is 0.355. The van der Waals surface area contributed by atoms with Gasteiger partial charge in [0.15, 0.2) is 5.96 Å². The minimum absolute atomic E-state index is 0. The van der Waals surface area contributed by atoms with Crippen LogP contribution in [0.1, 0.15) is 13.8 Å². The number of alkyl halides is 3. The molecule has 2 aliphatic heterocycles. The normalized spacial score (nSPS) is 23.7. The summed E-state index contributed by atoms with van der Waals surface area (Å²) >= 11 is 0. The molecule has 0 bridgehead atoms. The number of hydrogen-bond donors (Lipinski definition) is 1. The van der Waals surface area contributed by atoms with Gasteiger partial charge in [-0.1, -0.05) is 0 Å². The summed E-state index contributed by atoms with van der Waals surface area (Å²) in [6.45, 7) is 10.4. The lowest BCUT2D eigenvalue weighted by atomic mass is 10.2. The molecule has 1 N–H and O–H groups in total. The summed E-state index contributed by atoms with van der Waals surface area (Å²) in [4.78, 5) is 12.7. The van der Waals surface area contributed by atoms with Gasteiger partial charge in [-0.3, -0.25) is 14.8 Å². The molecule has 160 valence electrons. The number of nitrogens with zero attached hydrogens (tertiary/aromatic N) is 5. The van der Waals surface area contributed by atoms with E-state index in [0.717, 1.165) is 38.7 Å². The molecule has 6 nitrogen and oxygen atoms in total. The van der Waals surface area contributed by atoms with E-state index < -0.39 is 12.2 Å². The first-order valence-corrected chi connectivity index (χ1v) is 9.41. The summed E-state index contributed by atoms with van der Waals surface area (Å²) in [6, 6.07) is -0.996. The fourth-order valence-electron chi connectivity index (χ4n) is 3.49. The number of aliphatic imine (C=N–C) groups is 1. The van der Waals surface area contributed by atoms with Crippen molar-refractivity contribution < 1.29 is 13.2 Å². The third-order valence-electron chi connectivity index (χ3n) is 5.56. The molecule has 2 rings (SSSR count). The Morgan fingerprint density at radius 3 is 1.96 bits per heavy atom. The fourth-order valence-corrected chi connectivity index (χ4v) is 3.49. The highest BCUT2D eigenvalue weighted by Gasteiger charge is 2.41. The molecule has 2 heterocycles. The molecule has 2 atom stereocenters. The van der Waals surface area contributed by atoms with Crippen LogP contribution in [0.5, 0.6) is 0 Å². The molecule has 2 aliphatic rings. The van der Waals surface area contributed by atoms with Gasteiger partial charge in [0.05, 0.1) is 0 Å². The van der Waals surface area contributed by atoms with Crippen molar-refractivity contribution in [3.8, 4) is 0 Å². The Labute approximate surface area is 178 Å². The van der Waals surface area contributed by atoms with Crippen molar-refractivity contribution in [2.45, 2.75) is 32.1 Å². The maximum absolute atomic E-state index is 12.9. The molecule has 0 radical (unpaired) electrons. The van der Waals surface area contributed by atoms with E-state index in [4.69, 9.17) is 0 Å². The molecule has 0 saturated carbocycles. The SMILES string of the molecule is CN=C(NCC(C)N1CCN(C)CC1)N1CCN(C(C)C(F)(F)F)CC1.I. The molecular weight excluding hydrogens is 472 g/mol. The first kappa shape index (κ1) is 24.7. The molecule has 0 aromatic rings. The maximum atomic E-state index is 12.9. The van der Waals surface area contributed by atoms with E-state index in [2.05, 4.69) is 39.0 Å². The minimum Gasteiger partial charge on any atom is -0.355 e. The highest BCUT2D eigenvalue weighted by molar-refractivity contribution is 14.0. The van der Waals surface area contributed by atoms with E-state index in [9.17, 15) is 13.2 Å². The molecule has 0 spiro atoms. The number of piperazine rings is 2. The largest absolute Gasteiger partial charge is 0.403 e. The number of hydrogen-bond acceptors (Lipinski definition) is 4. The third-order valence-corrected chi connectivity index (χ3v) is 5.56. The second-order valence-corrected chi connectivity index (χ2v) is 7.36. The van der Waals surface area contributed by atoms with Gasteiger partial charge in [-0.2, -0.15) is 13.2 Å². The molecule has 0 aromatic carbocycles. The van der Waals surface area contributed by atoms with Crippen LogP contribution in [0, 0.1) is 0 Å². The van der Waals surface area contributed by atoms with Gasteiger partial charge in [-0.05, 0) is 20.9 Å². The number of halogens is 4. The van der Waals surface area contributed by atoms with Crippen LogP contribution in [0.4, 0.5) is 13.2 Å². The van der Waals surface area contributed by atoms with Crippen LogP contribution in [0.25, 0.3) is 0 Å². The van der Waals surface area contributed by atoms with E-state index in [0.29, 0.717) is 32.2 Å². The second kappa shape index (κ2) is 11.0. The van der Waals surface area contributed by atoms with Crippen molar-refractivity contribution in [1.29, 1.82) is 0 Å². The van der Waals surface area contributed by atoms with Gasteiger partial charge >= 0.3 is 6.18 Å². The molecule has 0 aliphatic carbocycles. The average molecular weight is 506 g/mol. The van der Waals surface area contributed by atoms with Crippen molar-refractivity contribution in [2.75, 3.05) is 73.0 Å². The second-order valence-electron chi connectivity index (χ2n) is 7.36. The van der Waals surface area contributed by atoms with E-state index in [1.165, 1.54) is 11.8 Å². The van der Waals surface area contributed by atoms with E-state index in [1.54, 1.807) is 7.05 Å². The van der Waals surface area contributed by atoms with Gasteiger partial charge in [-0.15, -0.1) is 24.0 Å². The first-order valence-electron chi connectivity index (χ1n) is 9.41. The van der Waals surface area contributed by atoms with E-state index in [-0.39, 0.29) is 24.0 Å². The lowest BCUT2D eigenvalue weighted by molar-refractivity contribution is -0.181. The molecule has 0 amide bonds. The standard InChI is InChI=1S/C17H33F3N6.HI/c1-14(24-7-5-23(4)6-8-24)13-22-16(21-3)26-11-9-25(10-12-26)15(2)17(18,19)20;/h14-15H,5-13H2,1-4H3,(H,21,22);1H. The zero-order valence-corrected chi connectivity index (χ0v) is 19.1. The van der Waals surface area contributed by atoms with Crippen LogP contribution in [-0.2, 0) is 0 Å². The Hall–Kier alpha value is -0.330. The highest BCUT2D eigenvalue weighted by Crippen LogP contribution is 2.25. The smallest absolute Gasteiger partial charge is 0.355 e. The van der Waals surface area contributed by atoms with Crippen LogP contribution >= 0.6 is 24.0 Å². The molecule has 2 saturated heterocycles. The number of nitrogens with one attached hydrogen (secondary N) is 1. The van der Waals surface area contributed by atoms with Gasteiger partial charge in [0.1, 0.15) is 6.04 Å². The van der Waals surface area contributed by atoms with Crippen molar-refractivity contribution >= 4 is 29.9 Å². The lowest BCUT2D eigenvalue weighted by Crippen LogP contribution is -2.58. The van der Waals surface area contributed by atoms with Gasteiger partial charge in [0.25, 0.3) is 0 Å². The monoisotopic (exact) mass is 506 g/mol. The van der Waals surface area contributed by atoms with Crippen LogP contribution < -0.4 is 5.32 Å². The average Bonchev–Trinajstić information content (AvgIpc) is 2.61. The first-order chi connectivity index (χ1) is 12.2.